The van der Waals surface area contributed by atoms with Gasteiger partial charge in [-0.25, -0.2) is 4.79 Å². The van der Waals surface area contributed by atoms with Crippen molar-refractivity contribution in [1.82, 2.24) is 0 Å². The Kier molecular flexibility index (Phi) is 3.47. The minimum absolute atomic E-state index is 0.207. The van der Waals surface area contributed by atoms with Gasteiger partial charge in [0.25, 0.3) is 0 Å². The number of allylic oxidation sites excluding steroid dienone is 1. The van der Waals surface area contributed by atoms with Gasteiger partial charge in [-0.05, 0) is 26.8 Å². The fraction of sp³-hybridized carbons (Fsp3) is 0.545. The van der Waals surface area contributed by atoms with Gasteiger partial charge in [0, 0.05) is 6.21 Å². The molecule has 1 N–H and O–H groups in total. The molecule has 0 aromatic carbocycles. The van der Waals surface area contributed by atoms with Crippen molar-refractivity contribution >= 4 is 18.2 Å². The van der Waals surface area contributed by atoms with Crippen LogP contribution in [0.4, 0.5) is 0 Å². The second-order valence-corrected chi connectivity index (χ2v) is 3.83. The summed E-state index contributed by atoms with van der Waals surface area (Å²) in [7, 11) is 0. The standard InChI is InChI=1S/C11H15NO4/c1-4-16-10(15)11(3)8(9(13)14)7(2)5-6-12-11/h5-6,8H,4H2,1-3H3,(H,13,14). The largest absolute Gasteiger partial charge is 0.481 e. The molecule has 1 aliphatic rings. The van der Waals surface area contributed by atoms with Gasteiger partial charge in [0.05, 0.1) is 6.61 Å². The van der Waals surface area contributed by atoms with E-state index in [1.54, 1.807) is 19.9 Å². The summed E-state index contributed by atoms with van der Waals surface area (Å²) < 4.78 is 4.87. The second kappa shape index (κ2) is 4.47. The number of ether oxygens (including phenoxy) is 1. The molecule has 1 aliphatic heterocycles. The molecule has 0 radical (unpaired) electrons. The van der Waals surface area contributed by atoms with Crippen LogP contribution in [0.3, 0.4) is 0 Å². The molecule has 88 valence electrons. The minimum Gasteiger partial charge on any atom is -0.481 e. The van der Waals surface area contributed by atoms with Crippen LogP contribution in [0, 0.1) is 5.92 Å². The van der Waals surface area contributed by atoms with Gasteiger partial charge in [-0.1, -0.05) is 5.57 Å². The minimum atomic E-state index is -1.36. The van der Waals surface area contributed by atoms with Crippen LogP contribution >= 0.6 is 0 Å². The van der Waals surface area contributed by atoms with Crippen molar-refractivity contribution in [1.29, 1.82) is 0 Å². The van der Waals surface area contributed by atoms with Crippen LogP contribution in [-0.2, 0) is 14.3 Å². The summed E-state index contributed by atoms with van der Waals surface area (Å²) in [4.78, 5) is 26.9. The molecule has 1 heterocycles. The number of nitrogens with zero attached hydrogens (tertiary/aromatic N) is 1. The first-order valence-corrected chi connectivity index (χ1v) is 5.05. The van der Waals surface area contributed by atoms with E-state index in [4.69, 9.17) is 9.84 Å². The predicted octanol–water partition coefficient (Wildman–Crippen LogP) is 1.04. The zero-order valence-corrected chi connectivity index (χ0v) is 9.56. The Balaban J connectivity index is 3.10. The third kappa shape index (κ3) is 1.98. The number of carboxylic acids is 1. The number of aliphatic carboxylic acids is 1. The summed E-state index contributed by atoms with van der Waals surface area (Å²) in [5.41, 5.74) is -0.765. The molecule has 0 aliphatic carbocycles. The van der Waals surface area contributed by atoms with Gasteiger partial charge >= 0.3 is 11.9 Å². The highest BCUT2D eigenvalue weighted by molar-refractivity contribution is 5.94. The number of esters is 1. The number of dihydropyridines is 1. The van der Waals surface area contributed by atoms with E-state index in [9.17, 15) is 9.59 Å². The van der Waals surface area contributed by atoms with E-state index in [1.807, 2.05) is 0 Å². The number of carbonyl (C=O) groups is 2. The van der Waals surface area contributed by atoms with Gasteiger partial charge in [-0.2, -0.15) is 0 Å². The average Bonchev–Trinajstić information content (AvgIpc) is 2.17. The quantitative estimate of drug-likeness (QED) is 0.728. The van der Waals surface area contributed by atoms with Gasteiger partial charge in [0.2, 0.25) is 0 Å². The molecule has 0 aromatic heterocycles. The van der Waals surface area contributed by atoms with Gasteiger partial charge < -0.3 is 9.84 Å². The van der Waals surface area contributed by atoms with Crippen molar-refractivity contribution in [2.75, 3.05) is 6.61 Å². The van der Waals surface area contributed by atoms with Crippen LogP contribution in [0.1, 0.15) is 20.8 Å². The highest BCUT2D eigenvalue weighted by Crippen LogP contribution is 2.32. The zero-order valence-electron chi connectivity index (χ0n) is 9.56. The number of carbonyl (C=O) groups excluding carboxylic acids is 1. The average molecular weight is 225 g/mol. The number of carboxylic acid groups (broad SMARTS) is 1. The molecule has 0 fully saturated rings. The molecule has 0 amide bonds. The molecule has 0 aromatic rings. The molecule has 0 spiro atoms. The van der Waals surface area contributed by atoms with E-state index in [0.717, 1.165) is 0 Å². The first-order chi connectivity index (χ1) is 7.43. The van der Waals surface area contributed by atoms with Crippen LogP contribution in [-0.4, -0.2) is 35.4 Å². The summed E-state index contributed by atoms with van der Waals surface area (Å²) in [5.74, 6) is -2.64. The third-order valence-electron chi connectivity index (χ3n) is 2.63. The first kappa shape index (κ1) is 12.4. The molecule has 5 nitrogen and oxygen atoms in total. The molecule has 16 heavy (non-hydrogen) atoms. The molecule has 1 rings (SSSR count). The van der Waals surface area contributed by atoms with Gasteiger partial charge in [-0.15, -0.1) is 0 Å². The van der Waals surface area contributed by atoms with Crippen molar-refractivity contribution in [3.63, 3.8) is 0 Å². The lowest BCUT2D eigenvalue weighted by atomic mass is 9.79. The van der Waals surface area contributed by atoms with E-state index in [0.29, 0.717) is 5.57 Å². The molecule has 2 atom stereocenters. The lowest BCUT2D eigenvalue weighted by molar-refractivity contribution is -0.157. The molecule has 0 bridgehead atoms. The fourth-order valence-corrected chi connectivity index (χ4v) is 1.81. The zero-order chi connectivity index (χ0) is 12.3. The Morgan fingerprint density at radius 3 is 2.75 bits per heavy atom. The molecule has 2 unspecified atom stereocenters. The van der Waals surface area contributed by atoms with Crippen LogP contribution in [0.5, 0.6) is 0 Å². The third-order valence-corrected chi connectivity index (χ3v) is 2.63. The Labute approximate surface area is 93.8 Å². The van der Waals surface area contributed by atoms with E-state index in [1.165, 1.54) is 13.1 Å². The molecule has 0 saturated carbocycles. The number of hydrogen-bond donors (Lipinski definition) is 1. The van der Waals surface area contributed by atoms with Gasteiger partial charge in [-0.3, -0.25) is 9.79 Å². The number of aliphatic imine (C=N–C) groups is 1. The Morgan fingerprint density at radius 2 is 2.25 bits per heavy atom. The van der Waals surface area contributed by atoms with Crippen molar-refractivity contribution in [3.8, 4) is 0 Å². The van der Waals surface area contributed by atoms with Crippen molar-refractivity contribution in [2.24, 2.45) is 10.9 Å². The predicted molar refractivity (Wildman–Crippen MR) is 58.4 cm³/mol. The normalized spacial score (nSPS) is 28.4. The molecule has 5 heteroatoms. The molecular formula is C11H15NO4. The SMILES string of the molecule is CCOC(=O)C1(C)N=CC=C(C)C1C(=O)O. The van der Waals surface area contributed by atoms with Crippen molar-refractivity contribution < 1.29 is 19.4 Å². The highest BCUT2D eigenvalue weighted by Gasteiger charge is 2.48. The second-order valence-electron chi connectivity index (χ2n) is 3.83. The Morgan fingerprint density at radius 1 is 1.62 bits per heavy atom. The van der Waals surface area contributed by atoms with Crippen LogP contribution in [0.15, 0.2) is 16.6 Å². The summed E-state index contributed by atoms with van der Waals surface area (Å²) in [6, 6.07) is 0. The summed E-state index contributed by atoms with van der Waals surface area (Å²) >= 11 is 0. The summed E-state index contributed by atoms with van der Waals surface area (Å²) in [5, 5.41) is 9.14. The van der Waals surface area contributed by atoms with E-state index in [-0.39, 0.29) is 6.61 Å². The molecular weight excluding hydrogens is 210 g/mol. The van der Waals surface area contributed by atoms with E-state index < -0.39 is 23.4 Å². The summed E-state index contributed by atoms with van der Waals surface area (Å²) in [6.07, 6.45) is 3.05. The van der Waals surface area contributed by atoms with Gasteiger partial charge in [0.15, 0.2) is 5.54 Å². The lowest BCUT2D eigenvalue weighted by Crippen LogP contribution is -2.48. The maximum atomic E-state index is 11.8. The van der Waals surface area contributed by atoms with Crippen LogP contribution in [0.25, 0.3) is 0 Å². The molecule has 0 saturated heterocycles. The summed E-state index contributed by atoms with van der Waals surface area (Å²) in [6.45, 7) is 5.03. The Hall–Kier alpha value is -1.65. The topological polar surface area (TPSA) is 76.0 Å². The first-order valence-electron chi connectivity index (χ1n) is 5.05. The van der Waals surface area contributed by atoms with E-state index in [2.05, 4.69) is 4.99 Å². The Bertz CT molecular complexity index is 372. The van der Waals surface area contributed by atoms with E-state index >= 15 is 0 Å². The maximum Gasteiger partial charge on any atom is 0.334 e. The van der Waals surface area contributed by atoms with Crippen LogP contribution < -0.4 is 0 Å². The fourth-order valence-electron chi connectivity index (χ4n) is 1.81. The number of rotatable bonds is 3. The smallest absolute Gasteiger partial charge is 0.334 e. The van der Waals surface area contributed by atoms with Crippen molar-refractivity contribution in [3.05, 3.63) is 11.6 Å². The highest BCUT2D eigenvalue weighted by atomic mass is 16.5. The monoisotopic (exact) mass is 225 g/mol. The van der Waals surface area contributed by atoms with Crippen LogP contribution in [0.2, 0.25) is 0 Å². The van der Waals surface area contributed by atoms with Gasteiger partial charge in [0.1, 0.15) is 5.92 Å². The number of hydrogen-bond acceptors (Lipinski definition) is 4. The van der Waals surface area contributed by atoms with Crippen molar-refractivity contribution in [2.45, 2.75) is 26.3 Å². The maximum absolute atomic E-state index is 11.8. The lowest BCUT2D eigenvalue weighted by Gasteiger charge is -2.31.